The molecule has 28 heavy (non-hydrogen) atoms. The minimum absolute atomic E-state index is 0.269. The molecular weight excluding hydrogens is 360 g/mol. The number of anilines is 1. The van der Waals surface area contributed by atoms with Crippen LogP contribution in [-0.2, 0) is 16.1 Å². The first kappa shape index (κ1) is 19.2. The molecular formula is C21H20N2O5. The van der Waals surface area contributed by atoms with Gasteiger partial charge in [-0.15, -0.1) is 0 Å². The summed E-state index contributed by atoms with van der Waals surface area (Å²) >= 11 is 0. The number of rotatable bonds is 7. The Balaban J connectivity index is 1.51. The van der Waals surface area contributed by atoms with Crippen molar-refractivity contribution in [3.05, 3.63) is 77.6 Å². The summed E-state index contributed by atoms with van der Waals surface area (Å²) in [5.41, 5.74) is 1.37. The molecule has 0 saturated heterocycles. The van der Waals surface area contributed by atoms with Crippen LogP contribution in [0.25, 0.3) is 0 Å². The van der Waals surface area contributed by atoms with Gasteiger partial charge in [-0.05, 0) is 43.7 Å². The van der Waals surface area contributed by atoms with E-state index < -0.39 is 18.0 Å². The third-order valence-electron chi connectivity index (χ3n) is 3.87. The molecule has 0 aliphatic carbocycles. The first-order chi connectivity index (χ1) is 13.5. The Kier molecular flexibility index (Phi) is 6.06. The van der Waals surface area contributed by atoms with Crippen molar-refractivity contribution in [1.29, 1.82) is 0 Å². The van der Waals surface area contributed by atoms with E-state index in [-0.39, 0.29) is 5.82 Å². The highest BCUT2D eigenvalue weighted by Gasteiger charge is 2.20. The first-order valence-corrected chi connectivity index (χ1v) is 8.73. The summed E-state index contributed by atoms with van der Waals surface area (Å²) in [7, 11) is 0. The van der Waals surface area contributed by atoms with Gasteiger partial charge < -0.3 is 19.3 Å². The van der Waals surface area contributed by atoms with Gasteiger partial charge >= 0.3 is 5.97 Å². The van der Waals surface area contributed by atoms with Crippen LogP contribution in [0.2, 0.25) is 0 Å². The fourth-order valence-electron chi connectivity index (χ4n) is 2.36. The summed E-state index contributed by atoms with van der Waals surface area (Å²) < 4.78 is 15.7. The molecule has 2 aromatic carbocycles. The lowest BCUT2D eigenvalue weighted by atomic mass is 10.2. The zero-order valence-electron chi connectivity index (χ0n) is 15.5. The molecule has 0 unspecified atom stereocenters. The minimum Gasteiger partial charge on any atom is -0.489 e. The SMILES string of the molecule is Cc1cc(NC(=O)[C@H](C)OC(=O)c2ccc(OCc3ccccc3)cc2)no1. The van der Waals surface area contributed by atoms with Crippen molar-refractivity contribution in [3.8, 4) is 5.75 Å². The van der Waals surface area contributed by atoms with Crippen LogP contribution in [0.1, 0.15) is 28.6 Å². The molecule has 7 heteroatoms. The number of carbonyl (C=O) groups excluding carboxylic acids is 2. The third-order valence-corrected chi connectivity index (χ3v) is 3.87. The van der Waals surface area contributed by atoms with E-state index in [1.54, 1.807) is 37.3 Å². The molecule has 3 rings (SSSR count). The second-order valence-electron chi connectivity index (χ2n) is 6.16. The number of ether oxygens (including phenoxy) is 2. The maximum atomic E-state index is 12.2. The quantitative estimate of drug-likeness (QED) is 0.628. The standard InChI is InChI=1S/C21H20N2O5/c1-14-12-19(23-28-14)22-20(24)15(2)27-21(25)17-8-10-18(11-9-17)26-13-16-6-4-3-5-7-16/h3-12,15H,13H2,1-2H3,(H,22,23,24)/t15-/m0/s1. The number of aromatic nitrogens is 1. The van der Waals surface area contributed by atoms with E-state index in [4.69, 9.17) is 14.0 Å². The molecule has 0 spiro atoms. The number of nitrogens with one attached hydrogen (secondary N) is 1. The zero-order valence-corrected chi connectivity index (χ0v) is 15.5. The van der Waals surface area contributed by atoms with Gasteiger partial charge in [-0.25, -0.2) is 4.79 Å². The number of benzene rings is 2. The predicted octanol–water partition coefficient (Wildman–Crippen LogP) is 3.75. The molecule has 3 aromatic rings. The molecule has 1 aromatic heterocycles. The summed E-state index contributed by atoms with van der Waals surface area (Å²) in [4.78, 5) is 24.3. The van der Waals surface area contributed by atoms with E-state index in [1.165, 1.54) is 6.92 Å². The number of aryl methyl sites for hydroxylation is 1. The molecule has 0 saturated carbocycles. The summed E-state index contributed by atoms with van der Waals surface area (Å²) in [5, 5.41) is 6.18. The Bertz CT molecular complexity index is 935. The van der Waals surface area contributed by atoms with Gasteiger partial charge in [-0.1, -0.05) is 35.5 Å². The van der Waals surface area contributed by atoms with Gasteiger partial charge in [-0.2, -0.15) is 0 Å². The average molecular weight is 380 g/mol. The van der Waals surface area contributed by atoms with Gasteiger partial charge in [0.2, 0.25) is 0 Å². The van der Waals surface area contributed by atoms with Crippen LogP contribution >= 0.6 is 0 Å². The van der Waals surface area contributed by atoms with E-state index >= 15 is 0 Å². The lowest BCUT2D eigenvalue weighted by molar-refractivity contribution is -0.123. The van der Waals surface area contributed by atoms with E-state index in [9.17, 15) is 9.59 Å². The van der Waals surface area contributed by atoms with Gasteiger partial charge in [0.15, 0.2) is 11.9 Å². The molecule has 0 radical (unpaired) electrons. The fourth-order valence-corrected chi connectivity index (χ4v) is 2.36. The van der Waals surface area contributed by atoms with Gasteiger partial charge in [0.05, 0.1) is 5.56 Å². The van der Waals surface area contributed by atoms with Crippen molar-refractivity contribution >= 4 is 17.7 Å². The van der Waals surface area contributed by atoms with Crippen LogP contribution in [0, 0.1) is 6.92 Å². The smallest absolute Gasteiger partial charge is 0.338 e. The number of hydrogen-bond donors (Lipinski definition) is 1. The van der Waals surface area contributed by atoms with Gasteiger partial charge in [0.1, 0.15) is 18.1 Å². The van der Waals surface area contributed by atoms with E-state index in [1.807, 2.05) is 30.3 Å². The molecule has 1 atom stereocenters. The fraction of sp³-hybridized carbons (Fsp3) is 0.190. The minimum atomic E-state index is -0.987. The zero-order chi connectivity index (χ0) is 19.9. The van der Waals surface area contributed by atoms with Crippen molar-refractivity contribution in [2.45, 2.75) is 26.6 Å². The number of nitrogens with zero attached hydrogens (tertiary/aromatic N) is 1. The molecule has 7 nitrogen and oxygen atoms in total. The molecule has 1 N–H and O–H groups in total. The lowest BCUT2D eigenvalue weighted by Gasteiger charge is -2.12. The van der Waals surface area contributed by atoms with E-state index in [2.05, 4.69) is 10.5 Å². The van der Waals surface area contributed by atoms with Crippen molar-refractivity contribution in [1.82, 2.24) is 5.16 Å². The second kappa shape index (κ2) is 8.85. The summed E-state index contributed by atoms with van der Waals surface area (Å²) in [6.07, 6.45) is -0.987. The highest BCUT2D eigenvalue weighted by molar-refractivity contribution is 5.96. The van der Waals surface area contributed by atoms with Crippen molar-refractivity contribution in [2.75, 3.05) is 5.32 Å². The highest BCUT2D eigenvalue weighted by Crippen LogP contribution is 2.16. The Labute approximate surface area is 162 Å². The van der Waals surface area contributed by atoms with Crippen molar-refractivity contribution < 1.29 is 23.6 Å². The Morgan fingerprint density at radius 3 is 2.46 bits per heavy atom. The van der Waals surface area contributed by atoms with Crippen LogP contribution in [-0.4, -0.2) is 23.1 Å². The summed E-state index contributed by atoms with van der Waals surface area (Å²) in [5.74, 6) is 0.366. The van der Waals surface area contributed by atoms with Gasteiger partial charge in [0, 0.05) is 6.07 Å². The highest BCUT2D eigenvalue weighted by atomic mass is 16.5. The van der Waals surface area contributed by atoms with Crippen molar-refractivity contribution in [3.63, 3.8) is 0 Å². The van der Waals surface area contributed by atoms with Gasteiger partial charge in [-0.3, -0.25) is 4.79 Å². The molecule has 1 amide bonds. The van der Waals surface area contributed by atoms with Crippen LogP contribution in [0.4, 0.5) is 5.82 Å². The largest absolute Gasteiger partial charge is 0.489 e. The first-order valence-electron chi connectivity index (χ1n) is 8.73. The van der Waals surface area contributed by atoms with E-state index in [0.717, 1.165) is 5.56 Å². The molecule has 0 aliphatic heterocycles. The maximum absolute atomic E-state index is 12.2. The summed E-state index contributed by atoms with van der Waals surface area (Å²) in [6, 6.07) is 17.9. The normalized spacial score (nSPS) is 11.5. The number of carbonyl (C=O) groups is 2. The molecule has 1 heterocycles. The number of hydrogen-bond acceptors (Lipinski definition) is 6. The number of amides is 1. The predicted molar refractivity (Wildman–Crippen MR) is 102 cm³/mol. The second-order valence-corrected chi connectivity index (χ2v) is 6.16. The van der Waals surface area contributed by atoms with E-state index in [0.29, 0.717) is 23.7 Å². The Morgan fingerprint density at radius 1 is 1.11 bits per heavy atom. The number of esters is 1. The van der Waals surface area contributed by atoms with Crippen LogP contribution in [0.5, 0.6) is 5.75 Å². The van der Waals surface area contributed by atoms with Crippen molar-refractivity contribution in [2.24, 2.45) is 0 Å². The Hall–Kier alpha value is -3.61. The third kappa shape index (κ3) is 5.20. The van der Waals surface area contributed by atoms with Crippen LogP contribution in [0.3, 0.4) is 0 Å². The monoisotopic (exact) mass is 380 g/mol. The molecule has 0 aliphatic rings. The van der Waals surface area contributed by atoms with Crippen LogP contribution < -0.4 is 10.1 Å². The lowest BCUT2D eigenvalue weighted by Crippen LogP contribution is -2.30. The molecule has 0 bridgehead atoms. The summed E-state index contributed by atoms with van der Waals surface area (Å²) in [6.45, 7) is 3.63. The molecule has 144 valence electrons. The van der Waals surface area contributed by atoms with Gasteiger partial charge in [0.25, 0.3) is 5.91 Å². The average Bonchev–Trinajstić information content (AvgIpc) is 3.12. The Morgan fingerprint density at radius 2 is 1.82 bits per heavy atom. The molecule has 0 fully saturated rings. The topological polar surface area (TPSA) is 90.7 Å². The van der Waals surface area contributed by atoms with Crippen LogP contribution in [0.15, 0.2) is 65.2 Å². The maximum Gasteiger partial charge on any atom is 0.338 e.